The number of fused-ring (bicyclic) bond motifs is 1. The number of rotatable bonds is 7. The van der Waals surface area contributed by atoms with Gasteiger partial charge in [0.25, 0.3) is 0 Å². The monoisotopic (exact) mass is 297 g/mol. The zero-order valence-electron chi connectivity index (χ0n) is 12.3. The summed E-state index contributed by atoms with van der Waals surface area (Å²) >= 11 is 6.19. The molecule has 3 nitrogen and oxygen atoms in total. The molecule has 2 unspecified atom stereocenters. The lowest BCUT2D eigenvalue weighted by atomic mass is 9.97. The lowest BCUT2D eigenvalue weighted by molar-refractivity contribution is 0.0377. The summed E-state index contributed by atoms with van der Waals surface area (Å²) in [4.78, 5) is 0. The molecule has 0 radical (unpaired) electrons. The Morgan fingerprint density at radius 1 is 1.40 bits per heavy atom. The third-order valence-corrected chi connectivity index (χ3v) is 3.93. The zero-order valence-corrected chi connectivity index (χ0v) is 13.1. The smallest absolute Gasteiger partial charge is 0.125 e. The maximum absolute atomic E-state index is 6.34. The van der Waals surface area contributed by atoms with E-state index in [1.165, 1.54) is 5.56 Å². The quantitative estimate of drug-likeness (QED) is 0.839. The Morgan fingerprint density at radius 3 is 2.90 bits per heavy atom. The van der Waals surface area contributed by atoms with E-state index in [-0.39, 0.29) is 12.1 Å². The molecule has 0 amide bonds. The van der Waals surface area contributed by atoms with Gasteiger partial charge in [0, 0.05) is 24.1 Å². The fourth-order valence-electron chi connectivity index (χ4n) is 2.80. The molecule has 0 bridgehead atoms. The van der Waals surface area contributed by atoms with Gasteiger partial charge in [-0.15, -0.1) is 0 Å². The second-order valence-electron chi connectivity index (χ2n) is 5.30. The van der Waals surface area contributed by atoms with Crippen molar-refractivity contribution in [2.45, 2.75) is 51.7 Å². The van der Waals surface area contributed by atoms with Gasteiger partial charge in [-0.25, -0.2) is 0 Å². The lowest BCUT2D eigenvalue weighted by Gasteiger charge is -2.24. The van der Waals surface area contributed by atoms with Gasteiger partial charge in [-0.3, -0.25) is 0 Å². The predicted octanol–water partition coefficient (Wildman–Crippen LogP) is 3.35. The first-order valence-corrected chi connectivity index (χ1v) is 7.84. The van der Waals surface area contributed by atoms with Crippen LogP contribution in [0.2, 0.25) is 5.02 Å². The molecule has 0 aromatic heterocycles. The molecular formula is C16H24ClNO2. The molecule has 0 saturated carbocycles. The maximum atomic E-state index is 6.34. The van der Waals surface area contributed by atoms with Crippen molar-refractivity contribution in [1.82, 2.24) is 0 Å². The van der Waals surface area contributed by atoms with Crippen molar-refractivity contribution >= 4 is 11.6 Å². The van der Waals surface area contributed by atoms with Crippen LogP contribution in [0.3, 0.4) is 0 Å². The fraction of sp³-hybridized carbons (Fsp3) is 0.625. The van der Waals surface area contributed by atoms with Crippen LogP contribution in [0.1, 0.15) is 37.8 Å². The van der Waals surface area contributed by atoms with Gasteiger partial charge in [0.05, 0.1) is 12.7 Å². The van der Waals surface area contributed by atoms with Crippen LogP contribution in [0.15, 0.2) is 12.1 Å². The average Bonchev–Trinajstić information content (AvgIpc) is 2.86. The number of nitrogens with two attached hydrogens (primary N) is 1. The van der Waals surface area contributed by atoms with E-state index < -0.39 is 0 Å². The van der Waals surface area contributed by atoms with E-state index in [1.807, 2.05) is 19.1 Å². The number of hydrogen-bond donors (Lipinski definition) is 1. The van der Waals surface area contributed by atoms with E-state index in [9.17, 15) is 0 Å². The molecule has 2 rings (SSSR count). The van der Waals surface area contributed by atoms with Crippen LogP contribution < -0.4 is 10.5 Å². The van der Waals surface area contributed by atoms with Crippen LogP contribution in [0.5, 0.6) is 5.75 Å². The second-order valence-corrected chi connectivity index (χ2v) is 5.74. The minimum atomic E-state index is -0.0262. The van der Waals surface area contributed by atoms with Crippen molar-refractivity contribution in [1.29, 1.82) is 0 Å². The third-order valence-electron chi connectivity index (χ3n) is 3.71. The Bertz CT molecular complexity index is 444. The Morgan fingerprint density at radius 2 is 2.20 bits per heavy atom. The molecule has 20 heavy (non-hydrogen) atoms. The largest absolute Gasteiger partial charge is 0.493 e. The summed E-state index contributed by atoms with van der Waals surface area (Å²) in [6.07, 6.45) is 3.83. The van der Waals surface area contributed by atoms with E-state index in [2.05, 4.69) is 6.92 Å². The van der Waals surface area contributed by atoms with Crippen molar-refractivity contribution in [2.75, 3.05) is 13.2 Å². The molecule has 2 atom stereocenters. The molecule has 1 aromatic rings. The van der Waals surface area contributed by atoms with Crippen molar-refractivity contribution < 1.29 is 9.47 Å². The van der Waals surface area contributed by atoms with E-state index in [0.717, 1.165) is 48.6 Å². The number of ether oxygens (including phenoxy) is 2. The summed E-state index contributed by atoms with van der Waals surface area (Å²) in [6, 6.07) is 3.94. The molecule has 1 aromatic carbocycles. The first kappa shape index (κ1) is 15.6. The molecule has 4 heteroatoms. The van der Waals surface area contributed by atoms with Crippen LogP contribution in [0.25, 0.3) is 0 Å². The molecule has 0 fully saturated rings. The van der Waals surface area contributed by atoms with Gasteiger partial charge in [-0.1, -0.05) is 24.9 Å². The average molecular weight is 298 g/mol. The molecule has 1 aliphatic heterocycles. The van der Waals surface area contributed by atoms with Crippen molar-refractivity contribution in [3.63, 3.8) is 0 Å². The summed E-state index contributed by atoms with van der Waals surface area (Å²) in [5, 5.41) is 0.764. The minimum Gasteiger partial charge on any atom is -0.493 e. The van der Waals surface area contributed by atoms with Gasteiger partial charge in [-0.05, 0) is 43.0 Å². The first-order valence-electron chi connectivity index (χ1n) is 7.47. The summed E-state index contributed by atoms with van der Waals surface area (Å²) in [6.45, 7) is 5.60. The molecule has 0 saturated heterocycles. The molecular weight excluding hydrogens is 274 g/mol. The first-order chi connectivity index (χ1) is 9.65. The van der Waals surface area contributed by atoms with Crippen molar-refractivity contribution in [2.24, 2.45) is 5.73 Å². The lowest BCUT2D eigenvalue weighted by Crippen LogP contribution is -2.38. The fourth-order valence-corrected chi connectivity index (χ4v) is 3.07. The minimum absolute atomic E-state index is 0.0262. The highest BCUT2D eigenvalue weighted by molar-refractivity contribution is 6.30. The van der Waals surface area contributed by atoms with E-state index in [0.29, 0.717) is 6.61 Å². The summed E-state index contributed by atoms with van der Waals surface area (Å²) in [5.74, 6) is 0.983. The standard InChI is InChI=1S/C16H24ClNO2/c1-3-5-15(19-4-2)14(18)10-12-9-13(17)8-11-6-7-20-16(11)12/h8-9,14-15H,3-7,10,18H2,1-2H3. The van der Waals surface area contributed by atoms with Gasteiger partial charge in [0.2, 0.25) is 0 Å². The van der Waals surface area contributed by atoms with Gasteiger partial charge in [-0.2, -0.15) is 0 Å². The highest BCUT2D eigenvalue weighted by Crippen LogP contribution is 2.33. The Labute approximate surface area is 126 Å². The molecule has 112 valence electrons. The van der Waals surface area contributed by atoms with Crippen LogP contribution in [0, 0.1) is 0 Å². The highest BCUT2D eigenvalue weighted by atomic mass is 35.5. The second kappa shape index (κ2) is 7.30. The maximum Gasteiger partial charge on any atom is 0.125 e. The topological polar surface area (TPSA) is 44.5 Å². The molecule has 0 spiro atoms. The Kier molecular flexibility index (Phi) is 5.70. The Balaban J connectivity index is 2.12. The van der Waals surface area contributed by atoms with Crippen LogP contribution in [-0.2, 0) is 17.6 Å². The third kappa shape index (κ3) is 3.66. The van der Waals surface area contributed by atoms with E-state index >= 15 is 0 Å². The number of hydrogen-bond acceptors (Lipinski definition) is 3. The van der Waals surface area contributed by atoms with Crippen LogP contribution >= 0.6 is 11.6 Å². The SMILES string of the molecule is CCCC(OCC)C(N)Cc1cc(Cl)cc2c1OCC2. The summed E-state index contributed by atoms with van der Waals surface area (Å²) in [5.41, 5.74) is 8.65. The zero-order chi connectivity index (χ0) is 14.5. The highest BCUT2D eigenvalue weighted by Gasteiger charge is 2.23. The normalized spacial score (nSPS) is 16.6. The van der Waals surface area contributed by atoms with Gasteiger partial charge in [0.1, 0.15) is 5.75 Å². The van der Waals surface area contributed by atoms with Gasteiger partial charge < -0.3 is 15.2 Å². The van der Waals surface area contributed by atoms with Crippen molar-refractivity contribution in [3.8, 4) is 5.75 Å². The number of halogens is 1. The van der Waals surface area contributed by atoms with Crippen molar-refractivity contribution in [3.05, 3.63) is 28.3 Å². The Hall–Kier alpha value is -0.770. The molecule has 2 N–H and O–H groups in total. The van der Waals surface area contributed by atoms with E-state index in [4.69, 9.17) is 26.8 Å². The molecule has 1 heterocycles. The van der Waals surface area contributed by atoms with Gasteiger partial charge in [0.15, 0.2) is 0 Å². The number of benzene rings is 1. The van der Waals surface area contributed by atoms with Gasteiger partial charge >= 0.3 is 0 Å². The van der Waals surface area contributed by atoms with Crippen LogP contribution in [0.4, 0.5) is 0 Å². The molecule has 1 aliphatic rings. The summed E-state index contributed by atoms with van der Waals surface area (Å²) in [7, 11) is 0. The molecule has 0 aliphatic carbocycles. The van der Waals surface area contributed by atoms with Crippen LogP contribution in [-0.4, -0.2) is 25.4 Å². The summed E-state index contributed by atoms with van der Waals surface area (Å²) < 4.78 is 11.5. The predicted molar refractivity (Wildman–Crippen MR) is 82.7 cm³/mol. The van der Waals surface area contributed by atoms with E-state index in [1.54, 1.807) is 0 Å².